The van der Waals surface area contributed by atoms with Gasteiger partial charge in [-0.1, -0.05) is 208 Å². The molecule has 9 rings (SSSR count). The van der Waals surface area contributed by atoms with E-state index >= 15 is 0 Å². The van der Waals surface area contributed by atoms with Crippen molar-refractivity contribution < 1.29 is 39.4 Å². The highest BCUT2D eigenvalue weighted by atomic mass is 35.5. The lowest BCUT2D eigenvalue weighted by Gasteiger charge is -2.28. The summed E-state index contributed by atoms with van der Waals surface area (Å²) < 4.78 is 33.0. The molecule has 81 heavy (non-hydrogen) atoms. The van der Waals surface area contributed by atoms with Crippen LogP contribution in [-0.4, -0.2) is 52.0 Å². The first-order chi connectivity index (χ1) is 39.3. The van der Waals surface area contributed by atoms with E-state index < -0.39 is 0 Å². The molecule has 8 aromatic carbocycles. The molecule has 8 nitrogen and oxygen atoms in total. The number of halogens is 2. The molecule has 0 N–H and O–H groups in total. The smallest absolute Gasteiger partial charge is 0.338 e. The Kier molecular flexibility index (Phi) is 29.5. The lowest BCUT2D eigenvalue weighted by Crippen LogP contribution is -2.28. The van der Waals surface area contributed by atoms with Crippen LogP contribution in [0.1, 0.15) is 97.3 Å². The molecule has 0 aliphatic heterocycles. The van der Waals surface area contributed by atoms with Gasteiger partial charge in [0.2, 0.25) is 0 Å². The summed E-state index contributed by atoms with van der Waals surface area (Å²) in [5.74, 6) is 2.07. The van der Waals surface area contributed by atoms with Gasteiger partial charge in [-0.05, 0) is 159 Å². The molecule has 0 amide bonds. The maximum atomic E-state index is 12.0. The number of ether oxygens (including phenoxy) is 6. The molecule has 1 aliphatic rings. The lowest BCUT2D eigenvalue weighted by molar-refractivity contribution is -0.0417. The Morgan fingerprint density at radius 1 is 0.481 bits per heavy atom. The maximum absolute atomic E-state index is 12.0. The summed E-state index contributed by atoms with van der Waals surface area (Å²) in [7, 11) is 0. The SMILES string of the molecule is CC(C)(COCOc1ccccc1)COC(=O)c1ccccc1.CCCc1ccccc1.Cc1ccc(Cl)cc1Cl.Cc1ccccc1-c1ccccc1C.O=C(OCC1CCC(COCOc2ccccc2)CC1)c1ccccc1.[HH]. The van der Waals surface area contributed by atoms with Gasteiger partial charge in [0.25, 0.3) is 0 Å². The van der Waals surface area contributed by atoms with Crippen LogP contribution < -0.4 is 9.47 Å². The highest BCUT2D eigenvalue weighted by molar-refractivity contribution is 6.35. The molecule has 1 saturated carbocycles. The van der Waals surface area contributed by atoms with Gasteiger partial charge >= 0.3 is 11.9 Å². The van der Waals surface area contributed by atoms with E-state index in [4.69, 9.17) is 51.6 Å². The number of para-hydroxylation sites is 2. The summed E-state index contributed by atoms with van der Waals surface area (Å²) in [6.45, 7) is 14.8. The third-order valence-electron chi connectivity index (χ3n) is 13.1. The summed E-state index contributed by atoms with van der Waals surface area (Å²) >= 11 is 11.4. The number of hydrogen-bond donors (Lipinski definition) is 0. The quantitative estimate of drug-likeness (QED) is 0.0449. The van der Waals surface area contributed by atoms with Crippen molar-refractivity contribution in [2.24, 2.45) is 17.3 Å². The second-order valence-electron chi connectivity index (χ2n) is 20.6. The van der Waals surface area contributed by atoms with Crippen LogP contribution in [-0.2, 0) is 25.4 Å². The van der Waals surface area contributed by atoms with E-state index in [-0.39, 0.29) is 32.2 Å². The Balaban J connectivity index is 0.000000234. The van der Waals surface area contributed by atoms with Crippen LogP contribution in [0.4, 0.5) is 0 Å². The zero-order chi connectivity index (χ0) is 57.9. The van der Waals surface area contributed by atoms with Gasteiger partial charge in [0.05, 0.1) is 37.6 Å². The molecule has 0 aromatic heterocycles. The van der Waals surface area contributed by atoms with Crippen LogP contribution >= 0.6 is 23.2 Å². The molecule has 428 valence electrons. The van der Waals surface area contributed by atoms with Crippen molar-refractivity contribution in [3.8, 4) is 22.6 Å². The Morgan fingerprint density at radius 3 is 1.36 bits per heavy atom. The van der Waals surface area contributed by atoms with E-state index in [0.717, 1.165) is 54.4 Å². The average molecular weight is 1130 g/mol. The second-order valence-corrected chi connectivity index (χ2v) is 21.4. The van der Waals surface area contributed by atoms with Gasteiger partial charge in [0.1, 0.15) is 11.5 Å². The number of rotatable bonds is 19. The van der Waals surface area contributed by atoms with Crippen molar-refractivity contribution in [2.45, 2.75) is 80.1 Å². The number of hydrogen-bond acceptors (Lipinski definition) is 8. The number of esters is 2. The molecule has 10 heteroatoms. The van der Waals surface area contributed by atoms with E-state index in [1.807, 2.05) is 130 Å². The largest absolute Gasteiger partial charge is 0.468 e. The monoisotopic (exact) mass is 1130 g/mol. The first-order valence-corrected chi connectivity index (χ1v) is 28.6. The van der Waals surface area contributed by atoms with Gasteiger partial charge < -0.3 is 28.4 Å². The van der Waals surface area contributed by atoms with Crippen molar-refractivity contribution in [3.63, 3.8) is 0 Å². The van der Waals surface area contributed by atoms with Crippen molar-refractivity contribution >= 4 is 35.1 Å². The van der Waals surface area contributed by atoms with E-state index in [9.17, 15) is 9.59 Å². The van der Waals surface area contributed by atoms with E-state index in [1.54, 1.807) is 30.3 Å². The summed E-state index contributed by atoms with van der Waals surface area (Å²) in [5.41, 5.74) is 8.73. The van der Waals surface area contributed by atoms with Crippen LogP contribution in [0.15, 0.2) is 218 Å². The van der Waals surface area contributed by atoms with E-state index in [0.29, 0.717) is 48.0 Å². The molecule has 8 aromatic rings. The van der Waals surface area contributed by atoms with Crippen LogP contribution in [0.5, 0.6) is 11.5 Å². The van der Waals surface area contributed by atoms with Crippen molar-refractivity contribution in [2.75, 3.05) is 40.0 Å². The number of carbonyl (C=O) groups excluding carboxylic acids is 2. The average Bonchev–Trinajstić information content (AvgIpc) is 3.51. The molecule has 0 bridgehead atoms. The Bertz CT molecular complexity index is 2930. The lowest BCUT2D eigenvalue weighted by atomic mass is 9.83. The molecule has 1 aliphatic carbocycles. The maximum Gasteiger partial charge on any atom is 0.338 e. The van der Waals surface area contributed by atoms with Gasteiger partial charge in [-0.25, -0.2) is 9.59 Å². The molecule has 0 heterocycles. The second kappa shape index (κ2) is 36.9. The molecule has 0 unspecified atom stereocenters. The molecular weight excluding hydrogens is 1050 g/mol. The number of carbonyl (C=O) groups is 2. The first kappa shape index (κ1) is 64.6. The summed E-state index contributed by atoms with van der Waals surface area (Å²) in [4.78, 5) is 23.9. The Hall–Kier alpha value is -7.20. The van der Waals surface area contributed by atoms with E-state index in [1.165, 1.54) is 40.7 Å². The van der Waals surface area contributed by atoms with Crippen molar-refractivity contribution in [1.82, 2.24) is 0 Å². The summed E-state index contributed by atoms with van der Waals surface area (Å²) in [6.07, 6.45) is 6.83. The standard InChI is InChI=1S/C22H26O4.C19H22O4.C14H14.C9H12.C7H6Cl2.H2/c23-22(20-7-3-1-4-8-20)25-16-19-13-11-18(12-14-19)15-24-17-26-21-9-5-2-6-10-21;1-19(2,13-21-15-23-17-11-7-4-8-12-17)14-22-18(20)16-9-5-3-6-10-16;1-11-7-3-5-9-13(11)14-10-6-4-8-12(14)2;1-2-6-9-7-4-3-5-8-9;1-5-2-3-6(8)4-7(5)9;/h1-10,18-19H,11-17H2;3-12H,13-15H2,1-2H3;3-10H,1-2H3;3-5,7-8H,2,6H2,1H3;2-4H,1H3;1H. The van der Waals surface area contributed by atoms with E-state index in [2.05, 4.69) is 99.6 Å². The molecule has 0 saturated heterocycles. The van der Waals surface area contributed by atoms with Crippen LogP contribution in [0.3, 0.4) is 0 Å². The highest BCUT2D eigenvalue weighted by Gasteiger charge is 2.23. The minimum Gasteiger partial charge on any atom is -0.468 e. The van der Waals surface area contributed by atoms with Crippen LogP contribution in [0.25, 0.3) is 11.1 Å². The molecule has 1 fully saturated rings. The topological polar surface area (TPSA) is 89.5 Å². The molecule has 0 radical (unpaired) electrons. The minimum absolute atomic E-state index is 0. The summed E-state index contributed by atoms with van der Waals surface area (Å²) in [5, 5.41) is 1.41. The predicted octanol–water partition coefficient (Wildman–Crippen LogP) is 18.8. The Morgan fingerprint density at radius 2 is 0.901 bits per heavy atom. The number of benzene rings is 8. The third kappa shape index (κ3) is 25.9. The van der Waals surface area contributed by atoms with Crippen LogP contribution in [0, 0.1) is 38.0 Å². The summed E-state index contributed by atoms with van der Waals surface area (Å²) in [6, 6.07) is 70.3. The fourth-order valence-electron chi connectivity index (χ4n) is 8.41. The normalized spacial score (nSPS) is 13.3. The fraction of sp³-hybridized carbons (Fsp3) is 0.296. The predicted molar refractivity (Wildman–Crippen MR) is 334 cm³/mol. The fourth-order valence-corrected chi connectivity index (χ4v) is 8.82. The zero-order valence-electron chi connectivity index (χ0n) is 47.9. The van der Waals surface area contributed by atoms with Gasteiger partial charge in [-0.3, -0.25) is 0 Å². The zero-order valence-corrected chi connectivity index (χ0v) is 49.5. The van der Waals surface area contributed by atoms with Crippen LogP contribution in [0.2, 0.25) is 10.0 Å². The molecule has 0 atom stereocenters. The Labute approximate surface area is 493 Å². The molecular formula is C71H82Cl2O8. The highest BCUT2D eigenvalue weighted by Crippen LogP contribution is 2.30. The van der Waals surface area contributed by atoms with Gasteiger partial charge in [0.15, 0.2) is 13.6 Å². The van der Waals surface area contributed by atoms with Gasteiger partial charge in [-0.15, -0.1) is 0 Å². The number of aryl methyl sites for hydroxylation is 4. The van der Waals surface area contributed by atoms with Crippen molar-refractivity contribution in [3.05, 3.63) is 262 Å². The molecule has 0 spiro atoms. The van der Waals surface area contributed by atoms with Crippen molar-refractivity contribution in [1.29, 1.82) is 0 Å². The van der Waals surface area contributed by atoms with Gasteiger partial charge in [-0.2, -0.15) is 0 Å². The minimum atomic E-state index is -0.320. The first-order valence-electron chi connectivity index (χ1n) is 27.8. The third-order valence-corrected chi connectivity index (χ3v) is 13.7. The van der Waals surface area contributed by atoms with Gasteiger partial charge in [0, 0.05) is 16.9 Å².